The summed E-state index contributed by atoms with van der Waals surface area (Å²) in [5, 5.41) is 3.11. The van der Waals surface area contributed by atoms with Gasteiger partial charge in [-0.05, 0) is 18.2 Å². The van der Waals surface area contributed by atoms with Crippen molar-refractivity contribution in [1.29, 1.82) is 0 Å². The van der Waals surface area contributed by atoms with Crippen LogP contribution in [0, 0.1) is 0 Å². The second kappa shape index (κ2) is 2.77. The van der Waals surface area contributed by atoms with Crippen LogP contribution in [0.5, 0.6) is 11.5 Å². The second-order valence-electron chi connectivity index (χ2n) is 2.98. The summed E-state index contributed by atoms with van der Waals surface area (Å²) >= 11 is 0. The molecule has 4 heteroatoms. The maximum Gasteiger partial charge on any atom is 0.231 e. The molecule has 0 atom stereocenters. The summed E-state index contributed by atoms with van der Waals surface area (Å²) in [6.07, 6.45) is 5.39. The fourth-order valence-corrected chi connectivity index (χ4v) is 1.50. The van der Waals surface area contributed by atoms with Gasteiger partial charge in [0.1, 0.15) is 5.69 Å². The van der Waals surface area contributed by atoms with Crippen LogP contribution < -0.4 is 14.8 Å². The molecule has 0 radical (unpaired) electrons. The Bertz CT molecular complexity index is 438. The second-order valence-corrected chi connectivity index (χ2v) is 2.98. The van der Waals surface area contributed by atoms with Crippen molar-refractivity contribution >= 4 is 17.6 Å². The molecule has 14 heavy (non-hydrogen) atoms. The van der Waals surface area contributed by atoms with Gasteiger partial charge in [-0.1, -0.05) is 0 Å². The fourth-order valence-electron chi connectivity index (χ4n) is 1.50. The van der Waals surface area contributed by atoms with Crippen LogP contribution in [0.3, 0.4) is 0 Å². The molecule has 2 aliphatic rings. The van der Waals surface area contributed by atoms with E-state index in [1.807, 2.05) is 24.4 Å². The maximum absolute atomic E-state index is 5.35. The molecule has 0 aliphatic carbocycles. The number of aliphatic imine (C=N–C) groups is 1. The highest BCUT2D eigenvalue weighted by atomic mass is 16.7. The van der Waals surface area contributed by atoms with Crippen molar-refractivity contribution in [1.82, 2.24) is 0 Å². The highest BCUT2D eigenvalue weighted by Gasteiger charge is 2.20. The third kappa shape index (κ3) is 0.970. The number of benzene rings is 1. The molecule has 1 aromatic carbocycles. The van der Waals surface area contributed by atoms with Gasteiger partial charge in [0.05, 0.1) is 5.69 Å². The van der Waals surface area contributed by atoms with E-state index in [0.717, 1.165) is 22.9 Å². The highest BCUT2D eigenvalue weighted by Crippen LogP contribution is 2.45. The van der Waals surface area contributed by atoms with E-state index in [0.29, 0.717) is 0 Å². The van der Waals surface area contributed by atoms with Gasteiger partial charge in [0.15, 0.2) is 11.5 Å². The first kappa shape index (κ1) is 7.44. The first-order valence-electron chi connectivity index (χ1n) is 4.33. The van der Waals surface area contributed by atoms with Gasteiger partial charge in [0.25, 0.3) is 0 Å². The van der Waals surface area contributed by atoms with Gasteiger partial charge in [0.2, 0.25) is 6.79 Å². The molecule has 3 rings (SSSR count). The predicted octanol–water partition coefficient (Wildman–Crippen LogP) is 2.06. The molecule has 0 saturated carbocycles. The van der Waals surface area contributed by atoms with Gasteiger partial charge in [-0.25, -0.2) is 0 Å². The minimum atomic E-state index is 0.273. The monoisotopic (exact) mass is 188 g/mol. The topological polar surface area (TPSA) is 42.9 Å². The van der Waals surface area contributed by atoms with Gasteiger partial charge < -0.3 is 14.8 Å². The molecule has 0 unspecified atom stereocenters. The summed E-state index contributed by atoms with van der Waals surface area (Å²) in [7, 11) is 0. The molecule has 70 valence electrons. The molecule has 1 N–H and O–H groups in total. The molecule has 0 fully saturated rings. The number of nitrogens with one attached hydrogen (secondary N) is 1. The van der Waals surface area contributed by atoms with E-state index in [4.69, 9.17) is 9.47 Å². The Labute approximate surface area is 80.9 Å². The lowest BCUT2D eigenvalue weighted by Crippen LogP contribution is -1.93. The Hall–Kier alpha value is -1.97. The molecule has 2 aliphatic heterocycles. The summed E-state index contributed by atoms with van der Waals surface area (Å²) in [5.74, 6) is 1.47. The number of allylic oxidation sites excluding steroid dienone is 1. The maximum atomic E-state index is 5.35. The van der Waals surface area contributed by atoms with Gasteiger partial charge in [-0.15, -0.1) is 0 Å². The molecule has 1 aromatic rings. The quantitative estimate of drug-likeness (QED) is 0.677. The van der Waals surface area contributed by atoms with Crippen LogP contribution in [-0.4, -0.2) is 13.0 Å². The average Bonchev–Trinajstić information content (AvgIpc) is 2.55. The third-order valence-corrected chi connectivity index (χ3v) is 2.14. The molecular formula is C10H8N2O2. The van der Waals surface area contributed by atoms with Crippen LogP contribution in [-0.2, 0) is 0 Å². The lowest BCUT2D eigenvalue weighted by Gasteiger charge is -2.06. The lowest BCUT2D eigenvalue weighted by atomic mass is 10.2. The van der Waals surface area contributed by atoms with Crippen molar-refractivity contribution in [2.24, 2.45) is 4.99 Å². The highest BCUT2D eigenvalue weighted by molar-refractivity contribution is 5.86. The molecule has 2 heterocycles. The van der Waals surface area contributed by atoms with Gasteiger partial charge in [-0.2, -0.15) is 0 Å². The van der Waals surface area contributed by atoms with E-state index in [-0.39, 0.29) is 6.79 Å². The number of hydrogen-bond donors (Lipinski definition) is 1. The van der Waals surface area contributed by atoms with Crippen LogP contribution in [0.2, 0.25) is 0 Å². The van der Waals surface area contributed by atoms with Crippen LogP contribution >= 0.6 is 0 Å². The number of nitrogens with zero attached hydrogens (tertiary/aromatic N) is 1. The van der Waals surface area contributed by atoms with Crippen LogP contribution in [0.25, 0.3) is 0 Å². The molecule has 0 saturated heterocycles. The Balaban J connectivity index is 2.22. The van der Waals surface area contributed by atoms with Crippen molar-refractivity contribution in [2.45, 2.75) is 0 Å². The SMILES string of the molecule is C1=CNc2ccc3c(c2N=C1)OCO3. The van der Waals surface area contributed by atoms with Crippen molar-refractivity contribution in [3.8, 4) is 11.5 Å². The van der Waals surface area contributed by atoms with Crippen molar-refractivity contribution in [3.05, 3.63) is 24.4 Å². The smallest absolute Gasteiger partial charge is 0.231 e. The van der Waals surface area contributed by atoms with Crippen molar-refractivity contribution in [2.75, 3.05) is 12.1 Å². The van der Waals surface area contributed by atoms with E-state index >= 15 is 0 Å². The Morgan fingerprint density at radius 3 is 3.29 bits per heavy atom. The summed E-state index contributed by atoms with van der Waals surface area (Å²) < 4.78 is 10.6. The van der Waals surface area contributed by atoms with E-state index in [1.54, 1.807) is 6.21 Å². The molecule has 0 amide bonds. The number of hydrogen-bond acceptors (Lipinski definition) is 4. The Kier molecular flexibility index (Phi) is 1.47. The number of rotatable bonds is 0. The minimum Gasteiger partial charge on any atom is -0.454 e. The van der Waals surface area contributed by atoms with E-state index in [9.17, 15) is 0 Å². The summed E-state index contributed by atoms with van der Waals surface area (Å²) in [6.45, 7) is 0.273. The van der Waals surface area contributed by atoms with Crippen LogP contribution in [0.4, 0.5) is 11.4 Å². The summed E-state index contributed by atoms with van der Waals surface area (Å²) in [4.78, 5) is 4.28. The predicted molar refractivity (Wildman–Crippen MR) is 53.5 cm³/mol. The largest absolute Gasteiger partial charge is 0.454 e. The first-order chi connectivity index (χ1) is 6.95. The average molecular weight is 188 g/mol. The molecule has 0 spiro atoms. The molecule has 4 nitrogen and oxygen atoms in total. The summed E-state index contributed by atoms with van der Waals surface area (Å²) in [6, 6.07) is 3.80. The lowest BCUT2D eigenvalue weighted by molar-refractivity contribution is 0.174. The van der Waals surface area contributed by atoms with Crippen molar-refractivity contribution < 1.29 is 9.47 Å². The van der Waals surface area contributed by atoms with Gasteiger partial charge in [0, 0.05) is 12.4 Å². The van der Waals surface area contributed by atoms with Gasteiger partial charge >= 0.3 is 0 Å². The fraction of sp³-hybridized carbons (Fsp3) is 0.100. The number of fused-ring (bicyclic) bond motifs is 3. The van der Waals surface area contributed by atoms with Gasteiger partial charge in [-0.3, -0.25) is 4.99 Å². The van der Waals surface area contributed by atoms with E-state index in [2.05, 4.69) is 10.3 Å². The summed E-state index contributed by atoms with van der Waals surface area (Å²) in [5.41, 5.74) is 1.73. The molecule has 0 bridgehead atoms. The van der Waals surface area contributed by atoms with E-state index in [1.165, 1.54) is 0 Å². The van der Waals surface area contributed by atoms with Crippen molar-refractivity contribution in [3.63, 3.8) is 0 Å². The first-order valence-corrected chi connectivity index (χ1v) is 4.33. The van der Waals surface area contributed by atoms with Crippen LogP contribution in [0.15, 0.2) is 29.4 Å². The zero-order valence-corrected chi connectivity index (χ0v) is 7.36. The number of anilines is 1. The zero-order valence-electron chi connectivity index (χ0n) is 7.36. The Morgan fingerprint density at radius 2 is 2.29 bits per heavy atom. The molecular weight excluding hydrogens is 180 g/mol. The zero-order chi connectivity index (χ0) is 9.38. The van der Waals surface area contributed by atoms with E-state index < -0.39 is 0 Å². The normalized spacial score (nSPS) is 16.0. The third-order valence-electron chi connectivity index (χ3n) is 2.14. The number of ether oxygens (including phenoxy) is 2. The minimum absolute atomic E-state index is 0.273. The Morgan fingerprint density at radius 1 is 1.29 bits per heavy atom. The molecule has 0 aromatic heterocycles. The van der Waals surface area contributed by atoms with Crippen LogP contribution in [0.1, 0.15) is 0 Å². The standard InChI is InChI=1S/C10H8N2O2/c1-4-11-7-2-3-8-10(14-6-13-8)9(7)12-5-1/h1-5,11H,6H2.